The molecule has 1 saturated heterocycles. The van der Waals surface area contributed by atoms with E-state index in [9.17, 15) is 9.18 Å². The second-order valence-corrected chi connectivity index (χ2v) is 7.48. The molecule has 0 radical (unpaired) electrons. The van der Waals surface area contributed by atoms with E-state index in [2.05, 4.69) is 21.7 Å². The van der Waals surface area contributed by atoms with E-state index in [1.807, 2.05) is 24.3 Å². The molecule has 7 heteroatoms. The van der Waals surface area contributed by atoms with Crippen LogP contribution in [-0.2, 0) is 14.3 Å². The molecule has 1 aliphatic rings. The molecule has 0 aliphatic carbocycles. The van der Waals surface area contributed by atoms with Crippen molar-refractivity contribution < 1.29 is 18.7 Å². The molecule has 158 valence electrons. The summed E-state index contributed by atoms with van der Waals surface area (Å²) in [5, 5.41) is 6.99. The molecular weight excluding hydrogens is 385 g/mol. The first-order chi connectivity index (χ1) is 14.7. The molecule has 0 unspecified atom stereocenters. The summed E-state index contributed by atoms with van der Waals surface area (Å²) in [5.41, 5.74) is 3.20. The average molecular weight is 411 g/mol. The van der Waals surface area contributed by atoms with Crippen LogP contribution in [0.15, 0.2) is 48.7 Å². The summed E-state index contributed by atoms with van der Waals surface area (Å²) >= 11 is 0. The quantitative estimate of drug-likeness (QED) is 0.494. The molecule has 1 aliphatic heterocycles. The van der Waals surface area contributed by atoms with Crippen LogP contribution in [0.1, 0.15) is 29.5 Å². The Kier molecular flexibility index (Phi) is 6.30. The minimum atomic E-state index is -0.758. The third-order valence-corrected chi connectivity index (χ3v) is 5.44. The Morgan fingerprint density at radius 3 is 3.03 bits per heavy atom. The smallest absolute Gasteiger partial charge is 0.247 e. The number of rotatable bonds is 8. The first-order valence-electron chi connectivity index (χ1n) is 10.1. The SMILES string of the molecule is COCCNC(=O)[C@H](Nc1cccc([C@H]2CCOC2)c1)c1cc(F)cc2[nH]ccc12. The highest BCUT2D eigenvalue weighted by atomic mass is 19.1. The van der Waals surface area contributed by atoms with E-state index in [4.69, 9.17) is 9.47 Å². The number of ether oxygens (including phenoxy) is 2. The number of nitrogens with one attached hydrogen (secondary N) is 3. The number of aromatic nitrogens is 1. The number of aromatic amines is 1. The van der Waals surface area contributed by atoms with E-state index in [0.717, 1.165) is 24.1 Å². The lowest BCUT2D eigenvalue weighted by Crippen LogP contribution is -2.35. The normalized spacial score (nSPS) is 17.2. The monoisotopic (exact) mass is 411 g/mol. The zero-order valence-electron chi connectivity index (χ0n) is 16.9. The number of methoxy groups -OCH3 is 1. The highest BCUT2D eigenvalue weighted by Gasteiger charge is 2.24. The van der Waals surface area contributed by atoms with Gasteiger partial charge in [0.05, 0.1) is 13.2 Å². The Morgan fingerprint density at radius 2 is 2.23 bits per heavy atom. The predicted octanol–water partition coefficient (Wildman–Crippen LogP) is 3.73. The molecule has 1 amide bonds. The average Bonchev–Trinajstić information content (AvgIpc) is 3.44. The summed E-state index contributed by atoms with van der Waals surface area (Å²) in [4.78, 5) is 16.1. The maximum Gasteiger partial charge on any atom is 0.247 e. The van der Waals surface area contributed by atoms with Crippen LogP contribution >= 0.6 is 0 Å². The van der Waals surface area contributed by atoms with Crippen molar-refractivity contribution in [3.8, 4) is 0 Å². The largest absolute Gasteiger partial charge is 0.383 e. The van der Waals surface area contributed by atoms with E-state index < -0.39 is 11.9 Å². The standard InChI is InChI=1S/C23H26FN3O3/c1-29-10-8-26-23(28)22(20-12-17(24)13-21-19(20)5-7-25-21)27-18-4-2-3-15(11-18)16-6-9-30-14-16/h2-5,7,11-13,16,22,25,27H,6,8-10,14H2,1H3,(H,26,28)/t16-,22+/m0/s1. The molecule has 2 aromatic carbocycles. The number of amides is 1. The molecule has 30 heavy (non-hydrogen) atoms. The third kappa shape index (κ3) is 4.47. The van der Waals surface area contributed by atoms with Gasteiger partial charge in [0, 0.05) is 49.0 Å². The summed E-state index contributed by atoms with van der Waals surface area (Å²) in [6, 6.07) is 11.9. The second-order valence-electron chi connectivity index (χ2n) is 7.48. The van der Waals surface area contributed by atoms with Gasteiger partial charge in [-0.3, -0.25) is 4.79 Å². The van der Waals surface area contributed by atoms with Crippen molar-refractivity contribution in [1.82, 2.24) is 10.3 Å². The zero-order chi connectivity index (χ0) is 20.9. The van der Waals surface area contributed by atoms with Gasteiger partial charge in [0.25, 0.3) is 0 Å². The van der Waals surface area contributed by atoms with Crippen LogP contribution in [-0.4, -0.2) is 44.4 Å². The fourth-order valence-electron chi connectivity index (χ4n) is 3.91. The fraction of sp³-hybridized carbons (Fsp3) is 0.348. The minimum absolute atomic E-state index is 0.241. The summed E-state index contributed by atoms with van der Waals surface area (Å²) < 4.78 is 24.8. The highest BCUT2D eigenvalue weighted by molar-refractivity contribution is 5.93. The number of halogens is 1. The maximum atomic E-state index is 14.3. The number of hydrogen-bond donors (Lipinski definition) is 3. The van der Waals surface area contributed by atoms with Gasteiger partial charge in [0.1, 0.15) is 11.9 Å². The number of hydrogen-bond acceptors (Lipinski definition) is 4. The van der Waals surface area contributed by atoms with Gasteiger partial charge in [-0.25, -0.2) is 4.39 Å². The Bertz CT molecular complexity index is 1010. The highest BCUT2D eigenvalue weighted by Crippen LogP contribution is 2.31. The van der Waals surface area contributed by atoms with Gasteiger partial charge in [0.15, 0.2) is 0 Å². The van der Waals surface area contributed by atoms with Crippen molar-refractivity contribution in [2.45, 2.75) is 18.4 Å². The minimum Gasteiger partial charge on any atom is -0.383 e. The van der Waals surface area contributed by atoms with Crippen molar-refractivity contribution in [3.63, 3.8) is 0 Å². The summed E-state index contributed by atoms with van der Waals surface area (Å²) in [5.74, 6) is -0.283. The molecule has 0 saturated carbocycles. The van der Waals surface area contributed by atoms with Crippen molar-refractivity contribution in [1.29, 1.82) is 0 Å². The van der Waals surface area contributed by atoms with Crippen molar-refractivity contribution >= 4 is 22.5 Å². The van der Waals surface area contributed by atoms with Crippen LogP contribution in [0.3, 0.4) is 0 Å². The number of carbonyl (C=O) groups is 1. The Morgan fingerprint density at radius 1 is 1.33 bits per heavy atom. The Hall–Kier alpha value is -2.90. The van der Waals surface area contributed by atoms with E-state index in [1.165, 1.54) is 17.7 Å². The van der Waals surface area contributed by atoms with E-state index in [1.54, 1.807) is 13.3 Å². The molecule has 1 aromatic heterocycles. The van der Waals surface area contributed by atoms with Crippen LogP contribution in [0.2, 0.25) is 0 Å². The van der Waals surface area contributed by atoms with E-state index in [-0.39, 0.29) is 5.91 Å². The summed E-state index contributed by atoms with van der Waals surface area (Å²) in [6.45, 7) is 2.25. The van der Waals surface area contributed by atoms with E-state index >= 15 is 0 Å². The number of carbonyl (C=O) groups excluding carboxylic acids is 1. The predicted molar refractivity (Wildman–Crippen MR) is 114 cm³/mol. The van der Waals surface area contributed by atoms with Crippen LogP contribution in [0, 0.1) is 5.82 Å². The third-order valence-electron chi connectivity index (χ3n) is 5.44. The molecule has 0 bridgehead atoms. The van der Waals surface area contributed by atoms with E-state index in [0.29, 0.717) is 36.8 Å². The first kappa shape index (κ1) is 20.4. The van der Waals surface area contributed by atoms with Gasteiger partial charge in [-0.05, 0) is 47.9 Å². The summed E-state index contributed by atoms with van der Waals surface area (Å²) in [7, 11) is 1.58. The molecule has 4 rings (SSSR count). The molecule has 3 aromatic rings. The zero-order valence-corrected chi connectivity index (χ0v) is 16.9. The van der Waals surface area contributed by atoms with Gasteiger partial charge < -0.3 is 25.1 Å². The maximum absolute atomic E-state index is 14.3. The van der Waals surface area contributed by atoms with Gasteiger partial charge in [-0.15, -0.1) is 0 Å². The van der Waals surface area contributed by atoms with Crippen LogP contribution in [0.5, 0.6) is 0 Å². The number of H-pyrrole nitrogens is 1. The lowest BCUT2D eigenvalue weighted by atomic mass is 9.97. The molecule has 6 nitrogen and oxygen atoms in total. The topological polar surface area (TPSA) is 75.4 Å². The molecule has 2 heterocycles. The molecule has 3 N–H and O–H groups in total. The van der Waals surface area contributed by atoms with Crippen LogP contribution < -0.4 is 10.6 Å². The molecule has 2 atom stereocenters. The van der Waals surface area contributed by atoms with Gasteiger partial charge >= 0.3 is 0 Å². The Balaban J connectivity index is 1.66. The first-order valence-corrected chi connectivity index (χ1v) is 10.1. The number of anilines is 1. The molecular formula is C23H26FN3O3. The number of fused-ring (bicyclic) bond motifs is 1. The second kappa shape index (κ2) is 9.28. The lowest BCUT2D eigenvalue weighted by Gasteiger charge is -2.22. The Labute approximate surface area is 174 Å². The van der Waals surface area contributed by atoms with Gasteiger partial charge in [-0.1, -0.05) is 12.1 Å². The van der Waals surface area contributed by atoms with Crippen molar-refractivity contribution in [2.24, 2.45) is 0 Å². The van der Waals surface area contributed by atoms with Gasteiger partial charge in [-0.2, -0.15) is 0 Å². The van der Waals surface area contributed by atoms with Gasteiger partial charge in [0.2, 0.25) is 5.91 Å². The fourth-order valence-corrected chi connectivity index (χ4v) is 3.91. The van der Waals surface area contributed by atoms with Crippen molar-refractivity contribution in [2.75, 3.05) is 38.8 Å². The van der Waals surface area contributed by atoms with Crippen molar-refractivity contribution in [3.05, 3.63) is 65.6 Å². The van der Waals surface area contributed by atoms with Crippen LogP contribution in [0.4, 0.5) is 10.1 Å². The molecule has 0 spiro atoms. The lowest BCUT2D eigenvalue weighted by molar-refractivity contribution is -0.122. The molecule has 1 fully saturated rings. The summed E-state index contributed by atoms with van der Waals surface area (Å²) in [6.07, 6.45) is 2.73. The number of benzene rings is 2. The van der Waals surface area contributed by atoms with Crippen LogP contribution in [0.25, 0.3) is 10.9 Å².